The van der Waals surface area contributed by atoms with Gasteiger partial charge >= 0.3 is 23.5 Å². The van der Waals surface area contributed by atoms with Crippen LogP contribution in [0.5, 0.6) is 0 Å². The molecule has 17 heteroatoms. The topological polar surface area (TPSA) is 166 Å². The zero-order valence-corrected chi connectivity index (χ0v) is 41.5. The second kappa shape index (κ2) is 20.9. The first-order chi connectivity index (χ1) is 30.2. The minimum absolute atomic E-state index is 0. The Labute approximate surface area is 398 Å². The normalized spacial score (nSPS) is 15.7. The van der Waals surface area contributed by atoms with Gasteiger partial charge in [0.05, 0.1) is 21.0 Å². The number of H-pyrrole nitrogens is 2. The fourth-order valence-electron chi connectivity index (χ4n) is 8.39. The Bertz CT molecular complexity index is 2720. The summed E-state index contributed by atoms with van der Waals surface area (Å²) in [7, 11) is 1.85. The molecule has 0 atom stereocenters. The largest absolute Gasteiger partial charge is 0.438 e. The maximum absolute atomic E-state index is 12.4. The number of para-hydroxylation sites is 3. The van der Waals surface area contributed by atoms with Crippen molar-refractivity contribution in [2.24, 2.45) is 0 Å². The lowest BCUT2D eigenvalue weighted by atomic mass is 9.83. The summed E-state index contributed by atoms with van der Waals surface area (Å²) < 4.78 is 10.6. The van der Waals surface area contributed by atoms with E-state index in [1.165, 1.54) is 5.56 Å². The molecule has 0 bridgehead atoms. The third-order valence-corrected chi connectivity index (χ3v) is 13.4. The average Bonchev–Trinajstić information content (AvgIpc) is 3.71. The number of carbonyl (C=O) groups excluding carboxylic acids is 2. The number of rotatable bonds is 3. The number of ether oxygens (including phenoxy) is 1. The number of piperidine rings is 1. The van der Waals surface area contributed by atoms with Gasteiger partial charge in [-0.3, -0.25) is 24.3 Å². The van der Waals surface area contributed by atoms with E-state index in [0.717, 1.165) is 71.2 Å². The van der Waals surface area contributed by atoms with E-state index in [2.05, 4.69) is 103 Å². The number of likely N-dealkylation sites (tertiary alicyclic amines) is 1. The molecular weight excluding hydrogens is 956 g/mol. The maximum atomic E-state index is 12.4. The molecule has 3 aliphatic rings. The molecule has 9 rings (SSSR count). The van der Waals surface area contributed by atoms with Crippen molar-refractivity contribution in [3.05, 3.63) is 114 Å². The molecule has 3 amide bonds. The van der Waals surface area contributed by atoms with Gasteiger partial charge in [0.1, 0.15) is 16.0 Å². The number of halogens is 2. The third kappa shape index (κ3) is 11.2. The Morgan fingerprint density at radius 2 is 1.38 bits per heavy atom. The van der Waals surface area contributed by atoms with E-state index in [1.54, 1.807) is 20.2 Å². The van der Waals surface area contributed by atoms with Crippen LogP contribution in [0.4, 0.5) is 21.1 Å². The lowest BCUT2D eigenvalue weighted by molar-refractivity contribution is -0.0434. The summed E-state index contributed by atoms with van der Waals surface area (Å²) in [6.45, 7) is 21.2. The molecule has 4 aromatic heterocycles. The second-order valence-electron chi connectivity index (χ2n) is 18.0. The van der Waals surface area contributed by atoms with E-state index in [0.29, 0.717) is 22.1 Å². The molecule has 0 aliphatic carbocycles. The minimum Gasteiger partial charge on any atom is -0.438 e. The summed E-state index contributed by atoms with van der Waals surface area (Å²) in [5.41, 5.74) is 5.80. The molecule has 65 heavy (non-hydrogen) atoms. The van der Waals surface area contributed by atoms with Crippen molar-refractivity contribution in [2.75, 3.05) is 36.9 Å². The molecule has 1 spiro atoms. The number of nitrogens with one attached hydrogen (secondary N) is 3. The monoisotopic (exact) mass is 1020 g/mol. The van der Waals surface area contributed by atoms with Crippen LogP contribution in [0, 0.1) is 0 Å². The molecule has 0 saturated carbocycles. The third-order valence-electron chi connectivity index (χ3n) is 11.7. The van der Waals surface area contributed by atoms with E-state index in [4.69, 9.17) is 4.74 Å². The number of hydrogen-bond donors (Lipinski definition) is 3. The summed E-state index contributed by atoms with van der Waals surface area (Å²) in [5.74, 6) is 0.650. The van der Waals surface area contributed by atoms with Crippen molar-refractivity contribution in [1.29, 1.82) is 0 Å². The molecule has 15 nitrogen and oxygen atoms in total. The highest BCUT2D eigenvalue weighted by molar-refractivity contribution is 9.13. The number of benzene rings is 2. The first-order valence-electron chi connectivity index (χ1n) is 21.7. The fraction of sp³-hybridized carbons (Fsp3) is 0.458. The fourth-order valence-corrected chi connectivity index (χ4v) is 8.98. The molecule has 2 aromatic carbocycles. The Kier molecular flexibility index (Phi) is 16.3. The SMILES string of the molecule is C.CC(C)N1CCC2(CC1)OC(=O)Nc1ncccc12.CC(C)n1c(=O)[nH]c2ccccc21.CC(C)n1c(=O)[nH]c2nc(Br)c(Br)cc21.CN1C(=O)N(C(C)(C)C)CCc2ccccc21. The van der Waals surface area contributed by atoms with E-state index >= 15 is 0 Å². The van der Waals surface area contributed by atoms with Gasteiger partial charge in [-0.2, -0.15) is 0 Å². The molecule has 350 valence electrons. The van der Waals surface area contributed by atoms with Gasteiger partial charge in [-0.15, -0.1) is 0 Å². The van der Waals surface area contributed by atoms with E-state index < -0.39 is 5.60 Å². The van der Waals surface area contributed by atoms with Crippen LogP contribution in [0.25, 0.3) is 22.2 Å². The molecule has 1 saturated heterocycles. The molecule has 0 radical (unpaired) electrons. The lowest BCUT2D eigenvalue weighted by Gasteiger charge is -2.44. The summed E-state index contributed by atoms with van der Waals surface area (Å²) in [4.78, 5) is 67.4. The van der Waals surface area contributed by atoms with Gasteiger partial charge in [-0.1, -0.05) is 37.8 Å². The van der Waals surface area contributed by atoms with Crippen LogP contribution in [0.1, 0.15) is 106 Å². The maximum Gasteiger partial charge on any atom is 0.413 e. The van der Waals surface area contributed by atoms with Gasteiger partial charge in [-0.25, -0.2) is 29.1 Å². The number of hydrogen-bond acceptors (Lipinski definition) is 8. The molecule has 3 N–H and O–H groups in total. The Balaban J connectivity index is 0.000000163. The van der Waals surface area contributed by atoms with Crippen LogP contribution in [0.2, 0.25) is 0 Å². The van der Waals surface area contributed by atoms with Gasteiger partial charge in [0.25, 0.3) is 0 Å². The molecule has 7 heterocycles. The number of urea groups is 1. The Morgan fingerprint density at radius 3 is 2.03 bits per heavy atom. The lowest BCUT2D eigenvalue weighted by Crippen LogP contribution is -2.50. The van der Waals surface area contributed by atoms with Crippen LogP contribution < -0.4 is 21.6 Å². The van der Waals surface area contributed by atoms with Crippen molar-refractivity contribution in [2.45, 2.75) is 118 Å². The van der Waals surface area contributed by atoms with Crippen molar-refractivity contribution >= 4 is 77.7 Å². The number of amides is 3. The van der Waals surface area contributed by atoms with Crippen LogP contribution in [0.3, 0.4) is 0 Å². The minimum atomic E-state index is -0.489. The molecule has 0 unspecified atom stereocenters. The number of anilines is 2. The van der Waals surface area contributed by atoms with Gasteiger partial charge in [0.2, 0.25) is 0 Å². The van der Waals surface area contributed by atoms with E-state index in [1.807, 2.05) is 100 Å². The van der Waals surface area contributed by atoms with Gasteiger partial charge < -0.3 is 19.5 Å². The van der Waals surface area contributed by atoms with Crippen molar-refractivity contribution < 1.29 is 14.3 Å². The van der Waals surface area contributed by atoms with E-state index in [-0.39, 0.29) is 48.6 Å². The molecule has 1 fully saturated rings. The summed E-state index contributed by atoms with van der Waals surface area (Å²) in [6, 6.07) is 22.6. The van der Waals surface area contributed by atoms with Crippen LogP contribution in [-0.4, -0.2) is 89.3 Å². The number of carbonyl (C=O) groups is 2. The van der Waals surface area contributed by atoms with Gasteiger partial charge in [-0.05, 0) is 143 Å². The Hall–Kier alpha value is -5.26. The molecule has 6 aromatic rings. The highest BCUT2D eigenvalue weighted by atomic mass is 79.9. The smallest absolute Gasteiger partial charge is 0.413 e. The van der Waals surface area contributed by atoms with Crippen LogP contribution in [0.15, 0.2) is 91.6 Å². The number of imidazole rings is 2. The highest BCUT2D eigenvalue weighted by Crippen LogP contribution is 2.42. The van der Waals surface area contributed by atoms with Gasteiger partial charge in [0.15, 0.2) is 5.65 Å². The standard InChI is InChI=1S/C14H19N3O2.C14H20N2O.C10H12N2O.C9H9Br2N3O.CH4/c1-10(2)17-8-5-14(6-9-17)11-4-3-7-15-12(11)16-13(18)19-14;1-14(2,3)16-10-9-11-7-5-6-8-12(11)15(4)13(16)17;1-7(2)12-9-6-4-3-5-8(9)11-10(12)13;1-4(2)14-6-3-5(10)7(11)12-8(6)13-9(14)15;/h3-4,7,10H,5-6,8-9H2,1-2H3,(H,15,16,18);5-8H,9-10H2,1-4H3;3-7H,1-2H3,(H,11,13);3-4H,1-2H3,(H,12,13,15);1H4. The van der Waals surface area contributed by atoms with Crippen LogP contribution in [-0.2, 0) is 16.8 Å². The number of pyridine rings is 2. The van der Waals surface area contributed by atoms with Crippen molar-refractivity contribution in [3.8, 4) is 0 Å². The number of nitrogens with zero attached hydrogens (tertiary/aromatic N) is 7. The number of aromatic nitrogens is 6. The first-order valence-corrected chi connectivity index (χ1v) is 23.3. The molecule has 3 aliphatic heterocycles. The predicted molar refractivity (Wildman–Crippen MR) is 268 cm³/mol. The number of fused-ring (bicyclic) bond motifs is 5. The quantitative estimate of drug-likeness (QED) is 0.147. The first kappa shape index (κ1) is 50.7. The average molecular weight is 1020 g/mol. The van der Waals surface area contributed by atoms with Crippen molar-refractivity contribution in [3.63, 3.8) is 0 Å². The number of aromatic amines is 2. The summed E-state index contributed by atoms with van der Waals surface area (Å²) >= 11 is 6.67. The van der Waals surface area contributed by atoms with Crippen LogP contribution >= 0.6 is 31.9 Å². The zero-order valence-electron chi connectivity index (χ0n) is 38.3. The predicted octanol–water partition coefficient (Wildman–Crippen LogP) is 10.6. The zero-order chi connectivity index (χ0) is 46.7. The Morgan fingerprint density at radius 1 is 0.769 bits per heavy atom. The molecular formula is C48H64Br2N10O5. The highest BCUT2D eigenvalue weighted by Gasteiger charge is 2.45. The summed E-state index contributed by atoms with van der Waals surface area (Å²) in [5, 5.41) is 2.68. The summed E-state index contributed by atoms with van der Waals surface area (Å²) in [6.07, 6.45) is 3.89. The van der Waals surface area contributed by atoms with Crippen molar-refractivity contribution in [1.82, 2.24) is 38.9 Å². The van der Waals surface area contributed by atoms with Gasteiger partial charge in [0, 0.05) is 80.6 Å². The van der Waals surface area contributed by atoms with E-state index in [9.17, 15) is 19.2 Å². The second-order valence-corrected chi connectivity index (χ2v) is 19.6.